The van der Waals surface area contributed by atoms with Gasteiger partial charge in [0.25, 0.3) is 11.8 Å². The largest absolute Gasteiger partial charge is 0.497 e. The Balaban J connectivity index is 1.54. The molecule has 2 amide bonds. The molecule has 8 nitrogen and oxygen atoms in total. The first-order valence-electron chi connectivity index (χ1n) is 9.07. The minimum absolute atomic E-state index is 0.176. The summed E-state index contributed by atoms with van der Waals surface area (Å²) < 4.78 is 15.3. The monoisotopic (exact) mass is 408 g/mol. The maximum absolute atomic E-state index is 12.3. The van der Waals surface area contributed by atoms with E-state index in [0.29, 0.717) is 17.1 Å². The van der Waals surface area contributed by atoms with E-state index in [4.69, 9.17) is 13.9 Å². The number of methoxy groups -OCH3 is 1. The summed E-state index contributed by atoms with van der Waals surface area (Å²) in [5.41, 5.74) is 1.29. The van der Waals surface area contributed by atoms with Crippen LogP contribution in [-0.4, -0.2) is 31.0 Å². The SMILES string of the molecule is COc1ccc(NC(=O)[C@@H](C)OC(=O)c2ccc(NC(=O)c3ccco3)cc2)cc1. The Kier molecular flexibility index (Phi) is 6.49. The van der Waals surface area contributed by atoms with Gasteiger partial charge < -0.3 is 24.5 Å². The average Bonchev–Trinajstić information content (AvgIpc) is 3.30. The van der Waals surface area contributed by atoms with Gasteiger partial charge in [-0.05, 0) is 67.6 Å². The van der Waals surface area contributed by atoms with E-state index in [9.17, 15) is 14.4 Å². The van der Waals surface area contributed by atoms with E-state index in [-0.39, 0.29) is 11.3 Å². The van der Waals surface area contributed by atoms with Gasteiger partial charge in [-0.25, -0.2) is 4.79 Å². The molecular formula is C22H20N2O6. The van der Waals surface area contributed by atoms with Crippen molar-refractivity contribution >= 4 is 29.2 Å². The summed E-state index contributed by atoms with van der Waals surface area (Å²) in [6.45, 7) is 1.48. The minimum atomic E-state index is -1.00. The minimum Gasteiger partial charge on any atom is -0.497 e. The van der Waals surface area contributed by atoms with Crippen molar-refractivity contribution in [2.24, 2.45) is 0 Å². The van der Waals surface area contributed by atoms with Gasteiger partial charge in [-0.2, -0.15) is 0 Å². The van der Waals surface area contributed by atoms with Crippen molar-refractivity contribution in [3.8, 4) is 5.75 Å². The average molecular weight is 408 g/mol. The number of carbonyl (C=O) groups excluding carboxylic acids is 3. The molecule has 0 unspecified atom stereocenters. The smallest absolute Gasteiger partial charge is 0.338 e. The van der Waals surface area contributed by atoms with E-state index in [1.165, 1.54) is 25.3 Å². The molecule has 154 valence electrons. The maximum atomic E-state index is 12.3. The number of carbonyl (C=O) groups is 3. The zero-order valence-electron chi connectivity index (χ0n) is 16.4. The van der Waals surface area contributed by atoms with Crippen molar-refractivity contribution in [1.82, 2.24) is 0 Å². The van der Waals surface area contributed by atoms with Gasteiger partial charge in [0.15, 0.2) is 11.9 Å². The second-order valence-electron chi connectivity index (χ2n) is 6.27. The Morgan fingerprint density at radius 2 is 1.53 bits per heavy atom. The number of anilines is 2. The standard InChI is InChI=1S/C22H20N2O6/c1-14(20(25)23-17-9-11-18(28-2)12-10-17)30-22(27)15-5-7-16(8-6-15)24-21(26)19-4-3-13-29-19/h3-14H,1-2H3,(H,23,25)(H,24,26)/t14-/m1/s1. The van der Waals surface area contributed by atoms with Crippen LogP contribution in [0.4, 0.5) is 11.4 Å². The molecule has 30 heavy (non-hydrogen) atoms. The lowest BCUT2D eigenvalue weighted by molar-refractivity contribution is -0.123. The van der Waals surface area contributed by atoms with Crippen molar-refractivity contribution in [1.29, 1.82) is 0 Å². The van der Waals surface area contributed by atoms with Crippen LogP contribution >= 0.6 is 0 Å². The lowest BCUT2D eigenvalue weighted by atomic mass is 10.2. The van der Waals surface area contributed by atoms with Crippen LogP contribution in [0.15, 0.2) is 71.3 Å². The van der Waals surface area contributed by atoms with E-state index in [2.05, 4.69) is 10.6 Å². The summed E-state index contributed by atoms with van der Waals surface area (Å²) in [5.74, 6) is -0.683. The third-order valence-electron chi connectivity index (χ3n) is 4.13. The van der Waals surface area contributed by atoms with Crippen LogP contribution in [0.2, 0.25) is 0 Å². The molecule has 3 aromatic rings. The topological polar surface area (TPSA) is 107 Å². The number of esters is 1. The number of furan rings is 1. The summed E-state index contributed by atoms with van der Waals surface area (Å²) >= 11 is 0. The predicted octanol–water partition coefficient (Wildman–Crippen LogP) is 3.72. The quantitative estimate of drug-likeness (QED) is 0.577. The molecule has 8 heteroatoms. The molecule has 1 atom stereocenters. The van der Waals surface area contributed by atoms with Gasteiger partial charge >= 0.3 is 5.97 Å². The molecule has 1 aromatic heterocycles. The maximum Gasteiger partial charge on any atom is 0.338 e. The molecule has 2 aromatic carbocycles. The molecule has 0 spiro atoms. The van der Waals surface area contributed by atoms with Gasteiger partial charge in [-0.3, -0.25) is 9.59 Å². The van der Waals surface area contributed by atoms with Crippen LogP contribution < -0.4 is 15.4 Å². The van der Waals surface area contributed by atoms with Gasteiger partial charge in [0.05, 0.1) is 18.9 Å². The Bertz CT molecular complexity index is 1010. The Hall–Kier alpha value is -4.07. The van der Waals surface area contributed by atoms with Crippen LogP contribution in [0, 0.1) is 0 Å². The van der Waals surface area contributed by atoms with E-state index in [1.807, 2.05) is 0 Å². The van der Waals surface area contributed by atoms with Crippen molar-refractivity contribution in [3.05, 3.63) is 78.3 Å². The Morgan fingerprint density at radius 3 is 2.13 bits per heavy atom. The molecule has 0 aliphatic rings. The Labute approximate surface area is 172 Å². The number of amides is 2. The fourth-order valence-electron chi connectivity index (χ4n) is 2.49. The lowest BCUT2D eigenvalue weighted by Crippen LogP contribution is -2.30. The second kappa shape index (κ2) is 9.42. The highest BCUT2D eigenvalue weighted by Gasteiger charge is 2.19. The van der Waals surface area contributed by atoms with Gasteiger partial charge in [0.1, 0.15) is 5.75 Å². The molecule has 0 saturated carbocycles. The van der Waals surface area contributed by atoms with E-state index in [0.717, 1.165) is 0 Å². The number of benzene rings is 2. The summed E-state index contributed by atoms with van der Waals surface area (Å²) in [4.78, 5) is 36.5. The zero-order chi connectivity index (χ0) is 21.5. The first-order chi connectivity index (χ1) is 14.5. The highest BCUT2D eigenvalue weighted by molar-refractivity contribution is 6.02. The van der Waals surface area contributed by atoms with Gasteiger partial charge in [-0.1, -0.05) is 0 Å². The van der Waals surface area contributed by atoms with Crippen LogP contribution in [0.3, 0.4) is 0 Å². The number of hydrogen-bond donors (Lipinski definition) is 2. The van der Waals surface area contributed by atoms with Gasteiger partial charge in [-0.15, -0.1) is 0 Å². The second-order valence-corrected chi connectivity index (χ2v) is 6.27. The molecular weight excluding hydrogens is 388 g/mol. The van der Waals surface area contributed by atoms with Crippen molar-refractivity contribution in [3.63, 3.8) is 0 Å². The van der Waals surface area contributed by atoms with E-state index >= 15 is 0 Å². The molecule has 0 bridgehead atoms. The fraction of sp³-hybridized carbons (Fsp3) is 0.136. The first-order valence-corrected chi connectivity index (χ1v) is 9.07. The first kappa shape index (κ1) is 20.7. The number of ether oxygens (including phenoxy) is 2. The predicted molar refractivity (Wildman–Crippen MR) is 110 cm³/mol. The van der Waals surface area contributed by atoms with Crippen molar-refractivity contribution < 1.29 is 28.3 Å². The van der Waals surface area contributed by atoms with Crippen LogP contribution in [0.1, 0.15) is 27.8 Å². The van der Waals surface area contributed by atoms with Crippen LogP contribution in [-0.2, 0) is 9.53 Å². The number of nitrogens with one attached hydrogen (secondary N) is 2. The van der Waals surface area contributed by atoms with Crippen LogP contribution in [0.25, 0.3) is 0 Å². The van der Waals surface area contributed by atoms with Gasteiger partial charge in [0, 0.05) is 11.4 Å². The highest BCUT2D eigenvalue weighted by atomic mass is 16.5. The molecule has 2 N–H and O–H groups in total. The normalized spacial score (nSPS) is 11.3. The van der Waals surface area contributed by atoms with E-state index in [1.54, 1.807) is 55.6 Å². The molecule has 0 aliphatic heterocycles. The van der Waals surface area contributed by atoms with Gasteiger partial charge in [0.2, 0.25) is 0 Å². The molecule has 3 rings (SSSR count). The summed E-state index contributed by atoms with van der Waals surface area (Å²) in [6, 6.07) is 16.0. The zero-order valence-corrected chi connectivity index (χ0v) is 16.4. The number of hydrogen-bond acceptors (Lipinski definition) is 6. The fourth-order valence-corrected chi connectivity index (χ4v) is 2.49. The molecule has 0 fully saturated rings. The lowest BCUT2D eigenvalue weighted by Gasteiger charge is -2.14. The van der Waals surface area contributed by atoms with Crippen LogP contribution in [0.5, 0.6) is 5.75 Å². The molecule has 0 saturated heterocycles. The number of rotatable bonds is 7. The Morgan fingerprint density at radius 1 is 0.900 bits per heavy atom. The molecule has 0 aliphatic carbocycles. The third-order valence-corrected chi connectivity index (χ3v) is 4.13. The van der Waals surface area contributed by atoms with E-state index < -0.39 is 23.9 Å². The highest BCUT2D eigenvalue weighted by Crippen LogP contribution is 2.16. The summed E-state index contributed by atoms with van der Waals surface area (Å²) in [6.07, 6.45) is 0.401. The summed E-state index contributed by atoms with van der Waals surface area (Å²) in [5, 5.41) is 5.31. The van der Waals surface area contributed by atoms with Crippen molar-refractivity contribution in [2.75, 3.05) is 17.7 Å². The molecule has 0 radical (unpaired) electrons. The van der Waals surface area contributed by atoms with Crippen molar-refractivity contribution in [2.45, 2.75) is 13.0 Å². The summed E-state index contributed by atoms with van der Waals surface area (Å²) in [7, 11) is 1.55. The molecule has 1 heterocycles. The third kappa shape index (κ3) is 5.26.